The smallest absolute Gasteiger partial charge is 0.256 e. The minimum atomic E-state index is -0.401. The van der Waals surface area contributed by atoms with E-state index in [1.54, 1.807) is 12.1 Å². The molecule has 1 amide bonds. The second kappa shape index (κ2) is 4.78. The maximum atomic E-state index is 13.5. The van der Waals surface area contributed by atoms with Gasteiger partial charge in [0.1, 0.15) is 11.6 Å². The number of carbonyl (C=O) groups is 1. The zero-order chi connectivity index (χ0) is 16.1. The van der Waals surface area contributed by atoms with Crippen molar-refractivity contribution < 1.29 is 13.6 Å². The van der Waals surface area contributed by atoms with Gasteiger partial charge in [-0.15, -0.1) is 0 Å². The summed E-state index contributed by atoms with van der Waals surface area (Å²) in [6.45, 7) is 1.85. The molecule has 0 spiro atoms. The number of hydrogen-bond donors (Lipinski definition) is 2. The van der Waals surface area contributed by atoms with Gasteiger partial charge in [-0.3, -0.25) is 4.79 Å². The fourth-order valence-electron chi connectivity index (χ4n) is 2.91. The summed E-state index contributed by atoms with van der Waals surface area (Å²) in [6, 6.07) is 8.66. The molecule has 0 saturated heterocycles. The van der Waals surface area contributed by atoms with Crippen molar-refractivity contribution in [3.05, 3.63) is 64.9 Å². The lowest BCUT2D eigenvalue weighted by atomic mass is 10.0. The highest BCUT2D eigenvalue weighted by molar-refractivity contribution is 6.35. The highest BCUT2D eigenvalue weighted by atomic mass is 19.1. The van der Waals surface area contributed by atoms with Crippen LogP contribution in [0, 0.1) is 18.6 Å². The van der Waals surface area contributed by atoms with Crippen LogP contribution in [0.15, 0.2) is 36.4 Å². The van der Waals surface area contributed by atoms with Gasteiger partial charge in [-0.1, -0.05) is 0 Å². The maximum absolute atomic E-state index is 13.5. The van der Waals surface area contributed by atoms with Crippen molar-refractivity contribution in [2.45, 2.75) is 6.92 Å². The standard InChI is InChI=1S/C18H12F2N2O/c1-9-12-6-10(19)2-4-15(12)21-17(9)8-14-13-7-11(20)3-5-16(13)22-18(14)23/h2-8,21H,1H3,(H,22,23). The zero-order valence-corrected chi connectivity index (χ0v) is 12.2. The summed E-state index contributed by atoms with van der Waals surface area (Å²) in [5.41, 5.74) is 3.82. The molecule has 0 radical (unpaired) electrons. The van der Waals surface area contributed by atoms with E-state index in [1.165, 1.54) is 30.3 Å². The number of aryl methyl sites for hydroxylation is 1. The van der Waals surface area contributed by atoms with Gasteiger partial charge in [0.05, 0.1) is 5.57 Å². The second-order valence-electron chi connectivity index (χ2n) is 5.56. The van der Waals surface area contributed by atoms with Crippen LogP contribution in [0.5, 0.6) is 0 Å². The number of amides is 1. The second-order valence-corrected chi connectivity index (χ2v) is 5.56. The van der Waals surface area contributed by atoms with Gasteiger partial charge < -0.3 is 10.3 Å². The number of carbonyl (C=O) groups excluding carboxylic acids is 1. The van der Waals surface area contributed by atoms with Gasteiger partial charge in [-0.25, -0.2) is 8.78 Å². The number of benzene rings is 2. The number of nitrogens with one attached hydrogen (secondary N) is 2. The monoisotopic (exact) mass is 310 g/mol. The number of fused-ring (bicyclic) bond motifs is 2. The van der Waals surface area contributed by atoms with Crippen LogP contribution >= 0.6 is 0 Å². The van der Waals surface area contributed by atoms with Crippen LogP contribution in [0.4, 0.5) is 14.5 Å². The van der Waals surface area contributed by atoms with Crippen molar-refractivity contribution in [1.82, 2.24) is 4.98 Å². The van der Waals surface area contributed by atoms with Gasteiger partial charge in [0, 0.05) is 27.8 Å². The van der Waals surface area contributed by atoms with E-state index >= 15 is 0 Å². The Kier molecular flexibility index (Phi) is 2.84. The van der Waals surface area contributed by atoms with Crippen LogP contribution in [-0.2, 0) is 4.79 Å². The number of H-pyrrole nitrogens is 1. The van der Waals surface area contributed by atoms with E-state index in [4.69, 9.17) is 0 Å². The Bertz CT molecular complexity index is 1000. The molecule has 0 saturated carbocycles. The molecule has 0 atom stereocenters. The molecule has 2 N–H and O–H groups in total. The number of aromatic amines is 1. The molecule has 2 heterocycles. The van der Waals surface area contributed by atoms with Crippen LogP contribution in [0.1, 0.15) is 16.8 Å². The Morgan fingerprint density at radius 1 is 1.04 bits per heavy atom. The molecule has 1 aromatic heterocycles. The molecule has 2 aromatic carbocycles. The quantitative estimate of drug-likeness (QED) is 0.649. The highest BCUT2D eigenvalue weighted by Gasteiger charge is 2.25. The fraction of sp³-hybridized carbons (Fsp3) is 0.0556. The predicted octanol–water partition coefficient (Wildman–Crippen LogP) is 4.25. The van der Waals surface area contributed by atoms with Crippen molar-refractivity contribution in [2.24, 2.45) is 0 Å². The van der Waals surface area contributed by atoms with E-state index in [-0.39, 0.29) is 11.7 Å². The van der Waals surface area contributed by atoms with Gasteiger partial charge in [-0.2, -0.15) is 0 Å². The number of halogens is 2. The van der Waals surface area contributed by atoms with Crippen molar-refractivity contribution in [1.29, 1.82) is 0 Å². The summed E-state index contributed by atoms with van der Waals surface area (Å²) in [7, 11) is 0. The Hall–Kier alpha value is -2.95. The molecule has 5 heteroatoms. The third-order valence-corrected chi connectivity index (χ3v) is 4.11. The normalized spacial score (nSPS) is 15.3. The molecule has 1 aliphatic heterocycles. The predicted molar refractivity (Wildman–Crippen MR) is 85.9 cm³/mol. The summed E-state index contributed by atoms with van der Waals surface area (Å²) in [5.74, 6) is -0.999. The number of hydrogen-bond acceptors (Lipinski definition) is 1. The van der Waals surface area contributed by atoms with Crippen LogP contribution in [0.25, 0.3) is 22.6 Å². The van der Waals surface area contributed by atoms with Gasteiger partial charge in [0.15, 0.2) is 0 Å². The number of aromatic nitrogens is 1. The van der Waals surface area contributed by atoms with Crippen molar-refractivity contribution >= 4 is 34.1 Å². The molecular formula is C18H12F2N2O. The molecule has 0 bridgehead atoms. The average Bonchev–Trinajstić information content (AvgIpc) is 2.99. The van der Waals surface area contributed by atoms with E-state index in [0.29, 0.717) is 22.5 Å². The molecule has 3 aromatic rings. The number of rotatable bonds is 1. The first-order valence-corrected chi connectivity index (χ1v) is 7.14. The van der Waals surface area contributed by atoms with Crippen LogP contribution in [0.2, 0.25) is 0 Å². The first-order valence-electron chi connectivity index (χ1n) is 7.14. The molecule has 23 heavy (non-hydrogen) atoms. The van der Waals surface area contributed by atoms with Crippen molar-refractivity contribution in [3.63, 3.8) is 0 Å². The van der Waals surface area contributed by atoms with E-state index in [1.807, 2.05) is 6.92 Å². The average molecular weight is 310 g/mol. The maximum Gasteiger partial charge on any atom is 0.256 e. The molecule has 114 valence electrons. The number of anilines is 1. The third kappa shape index (κ3) is 2.12. The molecule has 0 unspecified atom stereocenters. The minimum absolute atomic E-state index is 0.283. The van der Waals surface area contributed by atoms with Crippen LogP contribution < -0.4 is 5.32 Å². The van der Waals surface area contributed by atoms with E-state index in [9.17, 15) is 13.6 Å². The van der Waals surface area contributed by atoms with Crippen molar-refractivity contribution in [3.8, 4) is 0 Å². The van der Waals surface area contributed by atoms with Gasteiger partial charge in [0.25, 0.3) is 5.91 Å². The molecule has 3 nitrogen and oxygen atoms in total. The zero-order valence-electron chi connectivity index (χ0n) is 12.2. The van der Waals surface area contributed by atoms with Crippen molar-refractivity contribution in [2.75, 3.05) is 5.32 Å². The lowest BCUT2D eigenvalue weighted by Crippen LogP contribution is -2.03. The van der Waals surface area contributed by atoms with E-state index < -0.39 is 5.82 Å². The molecule has 0 fully saturated rings. The fourth-order valence-corrected chi connectivity index (χ4v) is 2.91. The largest absolute Gasteiger partial charge is 0.355 e. The van der Waals surface area contributed by atoms with Gasteiger partial charge >= 0.3 is 0 Å². The van der Waals surface area contributed by atoms with Gasteiger partial charge in [0.2, 0.25) is 0 Å². The summed E-state index contributed by atoms with van der Waals surface area (Å²) in [4.78, 5) is 15.3. The van der Waals surface area contributed by atoms with Crippen LogP contribution in [0.3, 0.4) is 0 Å². The Morgan fingerprint density at radius 2 is 1.78 bits per heavy atom. The first-order chi connectivity index (χ1) is 11.0. The summed E-state index contributed by atoms with van der Waals surface area (Å²) >= 11 is 0. The SMILES string of the molecule is Cc1c(C=C2C(=O)Nc3ccc(F)cc32)[nH]c2ccc(F)cc12. The highest BCUT2D eigenvalue weighted by Crippen LogP contribution is 2.34. The summed E-state index contributed by atoms with van der Waals surface area (Å²) < 4.78 is 26.9. The third-order valence-electron chi connectivity index (χ3n) is 4.11. The molecular weight excluding hydrogens is 298 g/mol. The van der Waals surface area contributed by atoms with Gasteiger partial charge in [-0.05, 0) is 55.0 Å². The Morgan fingerprint density at radius 3 is 2.61 bits per heavy atom. The Balaban J connectivity index is 1.90. The molecule has 4 rings (SSSR count). The van der Waals surface area contributed by atoms with E-state index in [2.05, 4.69) is 10.3 Å². The lowest BCUT2D eigenvalue weighted by Gasteiger charge is -1.99. The molecule has 1 aliphatic rings. The molecule has 0 aliphatic carbocycles. The van der Waals surface area contributed by atoms with E-state index in [0.717, 1.165) is 16.5 Å². The topological polar surface area (TPSA) is 44.9 Å². The minimum Gasteiger partial charge on any atom is -0.355 e. The first kappa shape index (κ1) is 13.7. The summed E-state index contributed by atoms with van der Waals surface area (Å²) in [5, 5.41) is 3.47. The van der Waals surface area contributed by atoms with Crippen LogP contribution in [-0.4, -0.2) is 10.9 Å². The summed E-state index contributed by atoms with van der Waals surface area (Å²) in [6.07, 6.45) is 1.67. The lowest BCUT2D eigenvalue weighted by molar-refractivity contribution is -0.110. The Labute approximate surface area is 130 Å².